The lowest BCUT2D eigenvalue weighted by Gasteiger charge is -2.20. The summed E-state index contributed by atoms with van der Waals surface area (Å²) in [6, 6.07) is 34.1. The van der Waals surface area contributed by atoms with Crippen molar-refractivity contribution < 1.29 is 4.74 Å². The molecule has 1 aliphatic rings. The summed E-state index contributed by atoms with van der Waals surface area (Å²) < 4.78 is 5.42. The first-order valence-electron chi connectivity index (χ1n) is 10.7. The lowest BCUT2D eigenvalue weighted by Crippen LogP contribution is -2.00. The maximum Gasteiger partial charge on any atom is 0.118 e. The number of ether oxygens (including phenoxy) is 1. The molecule has 0 aliphatic heterocycles. The Morgan fingerprint density at radius 2 is 1.29 bits per heavy atom. The van der Waals surface area contributed by atoms with E-state index in [-0.39, 0.29) is 0 Å². The first-order valence-corrected chi connectivity index (χ1v) is 10.7. The van der Waals surface area contributed by atoms with Gasteiger partial charge in [0.25, 0.3) is 0 Å². The number of fused-ring (bicyclic) bond motifs is 2. The number of hydrogen-bond donors (Lipinski definition) is 1. The summed E-state index contributed by atoms with van der Waals surface area (Å²) in [6.45, 7) is 0. The van der Waals surface area contributed by atoms with Crippen LogP contribution in [0.4, 0.5) is 5.69 Å². The Kier molecular flexibility index (Phi) is 5.05. The fraction of sp³-hybridized carbons (Fsp3) is 0.103. The maximum absolute atomic E-state index is 6.23. The van der Waals surface area contributed by atoms with Crippen molar-refractivity contribution in [3.05, 3.63) is 130 Å². The molecule has 0 fully saturated rings. The molecular formula is C29H25NO. The Labute approximate surface area is 183 Å². The van der Waals surface area contributed by atoms with Gasteiger partial charge in [-0.25, -0.2) is 0 Å². The summed E-state index contributed by atoms with van der Waals surface area (Å²) in [6.07, 6.45) is 2.06. The lowest BCUT2D eigenvalue weighted by molar-refractivity contribution is 0.415. The highest BCUT2D eigenvalue weighted by Crippen LogP contribution is 2.42. The van der Waals surface area contributed by atoms with Crippen molar-refractivity contribution >= 4 is 16.8 Å². The molecule has 0 unspecified atom stereocenters. The molecule has 0 saturated heterocycles. The van der Waals surface area contributed by atoms with Crippen molar-refractivity contribution in [2.45, 2.75) is 12.8 Å². The molecule has 0 spiro atoms. The molecule has 152 valence electrons. The van der Waals surface area contributed by atoms with Crippen LogP contribution in [0.2, 0.25) is 0 Å². The minimum Gasteiger partial charge on any atom is -0.497 e. The fourth-order valence-electron chi connectivity index (χ4n) is 4.56. The monoisotopic (exact) mass is 403 g/mol. The number of nitrogen functional groups attached to an aromatic ring is 1. The average molecular weight is 404 g/mol. The molecule has 0 saturated carbocycles. The topological polar surface area (TPSA) is 35.2 Å². The highest BCUT2D eigenvalue weighted by Gasteiger charge is 2.23. The van der Waals surface area contributed by atoms with Crippen molar-refractivity contribution in [2.24, 2.45) is 0 Å². The van der Waals surface area contributed by atoms with Gasteiger partial charge in [-0.05, 0) is 81.6 Å². The number of hydrogen-bond acceptors (Lipinski definition) is 2. The molecule has 2 N–H and O–H groups in total. The molecule has 4 aromatic carbocycles. The molecule has 0 bridgehead atoms. The van der Waals surface area contributed by atoms with Crippen LogP contribution in [0.15, 0.2) is 97.1 Å². The zero-order valence-electron chi connectivity index (χ0n) is 17.6. The summed E-state index contributed by atoms with van der Waals surface area (Å²) >= 11 is 0. The summed E-state index contributed by atoms with van der Waals surface area (Å²) in [4.78, 5) is 0. The molecule has 2 nitrogen and oxygen atoms in total. The molecular weight excluding hydrogens is 378 g/mol. The minimum atomic E-state index is 0.763. The van der Waals surface area contributed by atoms with Gasteiger partial charge in [-0.15, -0.1) is 0 Å². The number of rotatable bonds is 3. The van der Waals surface area contributed by atoms with Gasteiger partial charge in [0.1, 0.15) is 5.75 Å². The Morgan fingerprint density at radius 1 is 0.677 bits per heavy atom. The van der Waals surface area contributed by atoms with Crippen LogP contribution in [0.1, 0.15) is 33.4 Å². The van der Waals surface area contributed by atoms with Gasteiger partial charge in [-0.2, -0.15) is 0 Å². The summed E-state index contributed by atoms with van der Waals surface area (Å²) in [5.74, 6) is 0.849. The van der Waals surface area contributed by atoms with Crippen molar-refractivity contribution in [3.63, 3.8) is 0 Å². The number of anilines is 1. The third-order valence-corrected chi connectivity index (χ3v) is 6.04. The number of methoxy groups -OCH3 is 1. The highest BCUT2D eigenvalue weighted by atomic mass is 16.5. The van der Waals surface area contributed by atoms with Crippen LogP contribution in [0.3, 0.4) is 0 Å². The van der Waals surface area contributed by atoms with E-state index in [0.717, 1.165) is 35.4 Å². The molecule has 1 aliphatic carbocycles. The second kappa shape index (κ2) is 8.16. The van der Waals surface area contributed by atoms with E-state index < -0.39 is 0 Å². The van der Waals surface area contributed by atoms with Gasteiger partial charge >= 0.3 is 0 Å². The molecule has 4 aromatic rings. The van der Waals surface area contributed by atoms with Crippen LogP contribution in [-0.4, -0.2) is 7.11 Å². The Hall–Kier alpha value is -3.78. The van der Waals surface area contributed by atoms with Gasteiger partial charge in [-0.1, -0.05) is 72.8 Å². The highest BCUT2D eigenvalue weighted by molar-refractivity contribution is 6.06. The molecule has 31 heavy (non-hydrogen) atoms. The zero-order chi connectivity index (χ0) is 21.2. The number of aryl methyl sites for hydroxylation is 2. The van der Waals surface area contributed by atoms with Crippen LogP contribution in [0, 0.1) is 0 Å². The van der Waals surface area contributed by atoms with Gasteiger partial charge in [0, 0.05) is 5.69 Å². The number of nitrogens with two attached hydrogens (primary N) is 1. The van der Waals surface area contributed by atoms with Gasteiger partial charge in [0.15, 0.2) is 0 Å². The fourth-order valence-corrected chi connectivity index (χ4v) is 4.56. The molecule has 0 amide bonds. The van der Waals surface area contributed by atoms with Crippen molar-refractivity contribution in [2.75, 3.05) is 12.8 Å². The quantitative estimate of drug-likeness (QED) is 0.403. The Morgan fingerprint density at radius 3 is 1.87 bits per heavy atom. The van der Waals surface area contributed by atoms with Crippen molar-refractivity contribution in [1.29, 1.82) is 0 Å². The Bertz CT molecular complexity index is 1220. The minimum absolute atomic E-state index is 0.763. The normalized spacial score (nSPS) is 12.5. The third-order valence-electron chi connectivity index (χ3n) is 6.04. The zero-order valence-corrected chi connectivity index (χ0v) is 17.6. The van der Waals surface area contributed by atoms with E-state index in [0.29, 0.717) is 0 Å². The molecule has 0 heterocycles. The number of benzene rings is 4. The summed E-state index contributed by atoms with van der Waals surface area (Å²) in [5, 5.41) is 0. The van der Waals surface area contributed by atoms with Crippen LogP contribution in [-0.2, 0) is 12.8 Å². The molecule has 0 radical (unpaired) electrons. The van der Waals surface area contributed by atoms with E-state index >= 15 is 0 Å². The smallest absolute Gasteiger partial charge is 0.118 e. The van der Waals surface area contributed by atoms with E-state index in [1.807, 2.05) is 24.3 Å². The van der Waals surface area contributed by atoms with E-state index in [4.69, 9.17) is 10.5 Å². The van der Waals surface area contributed by atoms with Crippen LogP contribution in [0.5, 0.6) is 5.75 Å². The largest absolute Gasteiger partial charge is 0.497 e. The van der Waals surface area contributed by atoms with E-state index in [9.17, 15) is 0 Å². The van der Waals surface area contributed by atoms with Crippen LogP contribution < -0.4 is 10.5 Å². The predicted octanol–water partition coefficient (Wildman–Crippen LogP) is 6.38. The van der Waals surface area contributed by atoms with Crippen LogP contribution in [0.25, 0.3) is 11.1 Å². The predicted molar refractivity (Wildman–Crippen MR) is 129 cm³/mol. The van der Waals surface area contributed by atoms with Gasteiger partial charge in [0.05, 0.1) is 7.11 Å². The molecule has 2 heteroatoms. The van der Waals surface area contributed by atoms with Gasteiger partial charge in [-0.3, -0.25) is 0 Å². The second-order valence-electron chi connectivity index (χ2n) is 7.92. The summed E-state index contributed by atoms with van der Waals surface area (Å²) in [7, 11) is 1.70. The van der Waals surface area contributed by atoms with Gasteiger partial charge < -0.3 is 10.5 Å². The second-order valence-corrected chi connectivity index (χ2v) is 7.92. The average Bonchev–Trinajstić information content (AvgIpc) is 2.97. The first kappa shape index (κ1) is 19.2. The first-order chi connectivity index (χ1) is 15.2. The van der Waals surface area contributed by atoms with E-state index in [1.54, 1.807) is 7.11 Å². The lowest BCUT2D eigenvalue weighted by atomic mass is 9.84. The van der Waals surface area contributed by atoms with Crippen molar-refractivity contribution in [3.8, 4) is 5.75 Å². The SMILES string of the molecule is COc1ccc(C(=C2c3ccccc3CCc3ccccc32)c2cccc(N)c2)cc1. The molecule has 0 aromatic heterocycles. The van der Waals surface area contributed by atoms with E-state index in [2.05, 4.69) is 72.8 Å². The third kappa shape index (κ3) is 3.62. The molecule has 5 rings (SSSR count). The van der Waals surface area contributed by atoms with Crippen LogP contribution >= 0.6 is 0 Å². The maximum atomic E-state index is 6.23. The standard InChI is InChI=1S/C29H25NO/c1-31-25-17-15-22(16-18-25)28(23-9-6-10-24(30)19-23)29-26-11-4-2-7-20(26)13-14-21-8-3-5-12-27(21)29/h2-12,15-19H,13-14,30H2,1H3. The summed E-state index contributed by atoms with van der Waals surface area (Å²) in [5.41, 5.74) is 17.1. The van der Waals surface area contributed by atoms with Gasteiger partial charge in [0.2, 0.25) is 0 Å². The molecule has 0 atom stereocenters. The Balaban J connectivity index is 1.91. The van der Waals surface area contributed by atoms with Crippen molar-refractivity contribution in [1.82, 2.24) is 0 Å². The van der Waals surface area contributed by atoms with E-state index in [1.165, 1.54) is 33.4 Å².